The van der Waals surface area contributed by atoms with Crippen LogP contribution < -0.4 is 20.1 Å². The molecule has 1 aromatic heterocycles. The number of piperazine rings is 1. The smallest absolute Gasteiger partial charge is 0.420 e. The molecular formula is C26H36ClN3O6. The molecule has 4 rings (SSSR count). The van der Waals surface area contributed by atoms with Gasteiger partial charge in [0.1, 0.15) is 24.7 Å². The number of hydrogen-bond acceptors (Lipinski definition) is 7. The number of nitrogens with zero attached hydrogens (tertiary/aromatic N) is 3. The van der Waals surface area contributed by atoms with Crippen molar-refractivity contribution in [2.45, 2.75) is 34.2 Å². The molecule has 0 saturated carbocycles. The maximum Gasteiger partial charge on any atom is 0.420 e. The van der Waals surface area contributed by atoms with Crippen molar-refractivity contribution in [3.63, 3.8) is 0 Å². The summed E-state index contributed by atoms with van der Waals surface area (Å²) < 4.78 is 17.2. The number of oxazole rings is 1. The number of halogens is 1. The molecule has 0 aliphatic carbocycles. The van der Waals surface area contributed by atoms with Gasteiger partial charge in [-0.1, -0.05) is 39.3 Å². The van der Waals surface area contributed by atoms with Gasteiger partial charge in [-0.05, 0) is 24.3 Å². The van der Waals surface area contributed by atoms with Gasteiger partial charge in [0, 0.05) is 44.0 Å². The van der Waals surface area contributed by atoms with E-state index in [0.29, 0.717) is 53.8 Å². The van der Waals surface area contributed by atoms with E-state index in [1.165, 1.54) is 4.57 Å². The second-order valence-corrected chi connectivity index (χ2v) is 7.75. The number of aliphatic hydroxyl groups excluding tert-OH is 1. The van der Waals surface area contributed by atoms with Gasteiger partial charge in [0.2, 0.25) is 5.91 Å². The lowest BCUT2D eigenvalue weighted by molar-refractivity contribution is -0.132. The minimum Gasteiger partial charge on any atom is -0.495 e. The number of hydrogen-bond donors (Lipinski definition) is 1. The van der Waals surface area contributed by atoms with E-state index < -0.39 is 5.76 Å². The Labute approximate surface area is 216 Å². The second-order valence-electron chi connectivity index (χ2n) is 7.34. The van der Waals surface area contributed by atoms with Crippen LogP contribution in [-0.4, -0.2) is 67.0 Å². The number of fused-ring (bicyclic) bond motifs is 1. The molecule has 0 spiro atoms. The molecule has 10 heteroatoms. The summed E-state index contributed by atoms with van der Waals surface area (Å²) in [4.78, 5) is 29.1. The van der Waals surface area contributed by atoms with Gasteiger partial charge in [0.25, 0.3) is 0 Å². The average Bonchev–Trinajstić information content (AvgIpc) is 3.23. The van der Waals surface area contributed by atoms with Gasteiger partial charge < -0.3 is 28.8 Å². The minimum atomic E-state index is -0.598. The lowest BCUT2D eigenvalue weighted by Gasteiger charge is -2.36. The minimum absolute atomic E-state index is 0.0998. The summed E-state index contributed by atoms with van der Waals surface area (Å²) in [6, 6.07) is 10.5. The Morgan fingerprint density at radius 3 is 2.39 bits per heavy atom. The number of aromatic nitrogens is 1. The molecule has 36 heavy (non-hydrogen) atoms. The summed E-state index contributed by atoms with van der Waals surface area (Å²) in [5, 5.41) is 9.42. The van der Waals surface area contributed by atoms with E-state index in [4.69, 9.17) is 30.6 Å². The van der Waals surface area contributed by atoms with E-state index in [0.717, 1.165) is 5.69 Å². The number of anilines is 1. The number of methoxy groups -OCH3 is 1. The van der Waals surface area contributed by atoms with Crippen LogP contribution >= 0.6 is 11.6 Å². The van der Waals surface area contributed by atoms with Crippen LogP contribution in [0.1, 0.15) is 27.7 Å². The van der Waals surface area contributed by atoms with Crippen LogP contribution in [0.5, 0.6) is 11.5 Å². The Morgan fingerprint density at radius 2 is 1.75 bits per heavy atom. The fourth-order valence-corrected chi connectivity index (χ4v) is 3.94. The predicted molar refractivity (Wildman–Crippen MR) is 143 cm³/mol. The van der Waals surface area contributed by atoms with E-state index in [1.54, 1.807) is 36.3 Å². The van der Waals surface area contributed by atoms with Gasteiger partial charge in [-0.25, -0.2) is 4.79 Å². The Bertz CT molecular complexity index is 1170. The molecule has 1 saturated heterocycles. The Hall–Kier alpha value is -3.17. The van der Waals surface area contributed by atoms with E-state index in [9.17, 15) is 9.59 Å². The number of carbonyl (C=O) groups excluding carboxylic acids is 1. The predicted octanol–water partition coefficient (Wildman–Crippen LogP) is 4.03. The topological polar surface area (TPSA) is 97.4 Å². The first kappa shape index (κ1) is 29.1. The van der Waals surface area contributed by atoms with Crippen molar-refractivity contribution >= 4 is 34.3 Å². The van der Waals surface area contributed by atoms with Crippen molar-refractivity contribution in [1.29, 1.82) is 0 Å². The molecule has 2 heterocycles. The van der Waals surface area contributed by atoms with Crippen LogP contribution in [-0.2, 0) is 11.3 Å². The van der Waals surface area contributed by atoms with Crippen LogP contribution in [0, 0.1) is 0 Å². The number of benzene rings is 2. The van der Waals surface area contributed by atoms with Gasteiger partial charge in [-0.3, -0.25) is 9.36 Å². The van der Waals surface area contributed by atoms with Crippen molar-refractivity contribution in [3.8, 4) is 11.5 Å². The highest BCUT2D eigenvalue weighted by molar-refractivity contribution is 6.32. The molecule has 2 aromatic carbocycles. The van der Waals surface area contributed by atoms with Crippen molar-refractivity contribution in [2.24, 2.45) is 0 Å². The normalized spacial score (nSPS) is 12.9. The molecule has 9 nitrogen and oxygen atoms in total. The van der Waals surface area contributed by atoms with Gasteiger partial charge in [-0.2, -0.15) is 0 Å². The van der Waals surface area contributed by atoms with Gasteiger partial charge in [0.05, 0.1) is 24.3 Å². The maximum atomic E-state index is 12.9. The van der Waals surface area contributed by atoms with Crippen LogP contribution in [0.2, 0.25) is 5.02 Å². The summed E-state index contributed by atoms with van der Waals surface area (Å²) >= 11 is 6.10. The van der Waals surface area contributed by atoms with E-state index >= 15 is 0 Å². The molecular weight excluding hydrogens is 486 g/mol. The summed E-state index contributed by atoms with van der Waals surface area (Å²) in [6.07, 6.45) is 0. The highest BCUT2D eigenvalue weighted by atomic mass is 35.5. The quantitative estimate of drug-likeness (QED) is 0.501. The molecule has 0 unspecified atom stereocenters. The van der Waals surface area contributed by atoms with Gasteiger partial charge in [-0.15, -0.1) is 0 Å². The molecule has 198 valence electrons. The van der Waals surface area contributed by atoms with Crippen molar-refractivity contribution < 1.29 is 23.8 Å². The molecule has 0 atom stereocenters. The molecule has 0 bridgehead atoms. The summed E-state index contributed by atoms with van der Waals surface area (Å²) in [5.41, 5.74) is 1.83. The fraction of sp³-hybridized carbons (Fsp3) is 0.462. The van der Waals surface area contributed by atoms with E-state index in [1.807, 2.05) is 39.8 Å². The molecule has 1 aliphatic rings. The number of aliphatic hydroxyl groups is 1. The summed E-state index contributed by atoms with van der Waals surface area (Å²) in [7, 11) is 1.58. The lowest BCUT2D eigenvalue weighted by atomic mass is 10.2. The Morgan fingerprint density at radius 1 is 1.06 bits per heavy atom. The molecule has 3 aromatic rings. The van der Waals surface area contributed by atoms with Crippen LogP contribution in [0.15, 0.2) is 45.6 Å². The third-order valence-corrected chi connectivity index (χ3v) is 5.74. The fourth-order valence-electron chi connectivity index (χ4n) is 3.74. The number of carbonyl (C=O) groups is 1. The van der Waals surface area contributed by atoms with E-state index in [-0.39, 0.29) is 25.7 Å². The first-order valence-electron chi connectivity index (χ1n) is 12.2. The SMILES string of the molecule is CC.CC.COc1cc(N2CCN(C(=O)Cn3c(=O)oc4cc(OCCO)ccc43)CC2)ccc1Cl. The van der Waals surface area contributed by atoms with Crippen molar-refractivity contribution in [3.05, 3.63) is 52.0 Å². The number of rotatable bonds is 7. The average molecular weight is 522 g/mol. The third kappa shape index (κ3) is 6.95. The second kappa shape index (κ2) is 14.4. The van der Waals surface area contributed by atoms with Crippen LogP contribution in [0.4, 0.5) is 5.69 Å². The first-order chi connectivity index (χ1) is 17.5. The summed E-state index contributed by atoms with van der Waals surface area (Å²) in [6.45, 7) is 10.3. The lowest BCUT2D eigenvalue weighted by Crippen LogP contribution is -2.50. The highest BCUT2D eigenvalue weighted by Crippen LogP contribution is 2.30. The first-order valence-corrected chi connectivity index (χ1v) is 12.6. The molecule has 1 amide bonds. The Balaban J connectivity index is 0.00000109. The molecule has 1 N–H and O–H groups in total. The number of ether oxygens (including phenoxy) is 2. The van der Waals surface area contributed by atoms with E-state index in [2.05, 4.69) is 4.90 Å². The Kier molecular flexibility index (Phi) is 11.6. The summed E-state index contributed by atoms with van der Waals surface area (Å²) in [5.74, 6) is 0.343. The monoisotopic (exact) mass is 521 g/mol. The van der Waals surface area contributed by atoms with Crippen molar-refractivity contribution in [1.82, 2.24) is 9.47 Å². The maximum absolute atomic E-state index is 12.9. The highest BCUT2D eigenvalue weighted by Gasteiger charge is 2.23. The van der Waals surface area contributed by atoms with Crippen LogP contribution in [0.25, 0.3) is 11.1 Å². The van der Waals surface area contributed by atoms with Crippen LogP contribution in [0.3, 0.4) is 0 Å². The standard InChI is InChI=1S/C22H24ClN3O6.2C2H6/c1-30-19-12-15(2-4-17(19)23)24-6-8-25(9-7-24)21(28)14-26-18-5-3-16(31-11-10-27)13-20(18)32-22(26)29;2*1-2/h2-5,12-13,27H,6-11,14H2,1H3;2*1-2H3. The third-order valence-electron chi connectivity index (χ3n) is 5.43. The zero-order valence-electron chi connectivity index (χ0n) is 21.6. The molecule has 1 aliphatic heterocycles. The van der Waals surface area contributed by atoms with Gasteiger partial charge in [0.15, 0.2) is 5.58 Å². The largest absolute Gasteiger partial charge is 0.495 e. The van der Waals surface area contributed by atoms with Gasteiger partial charge >= 0.3 is 5.76 Å². The van der Waals surface area contributed by atoms with Crippen molar-refractivity contribution in [2.75, 3.05) is 51.4 Å². The molecule has 0 radical (unpaired) electrons. The zero-order chi connectivity index (χ0) is 26.7. The molecule has 1 fully saturated rings. The number of amides is 1. The zero-order valence-corrected chi connectivity index (χ0v) is 22.4.